The monoisotopic (exact) mass is 343 g/mol. The van der Waals surface area contributed by atoms with Crippen molar-refractivity contribution in [3.05, 3.63) is 36.5 Å². The van der Waals surface area contributed by atoms with E-state index in [9.17, 15) is 4.79 Å². The van der Waals surface area contributed by atoms with Gasteiger partial charge in [-0.15, -0.1) is 11.3 Å². The Bertz CT molecular complexity index is 796. The number of hydrogen-bond acceptors (Lipinski definition) is 5. The molecule has 0 saturated carbocycles. The lowest BCUT2D eigenvalue weighted by atomic mass is 10.2. The van der Waals surface area contributed by atoms with Crippen LogP contribution in [0.2, 0.25) is 0 Å². The summed E-state index contributed by atoms with van der Waals surface area (Å²) in [6, 6.07) is 0.0752. The molecule has 124 valence electrons. The maximum Gasteiger partial charge on any atom is 0.322 e. The summed E-state index contributed by atoms with van der Waals surface area (Å²) in [5.41, 5.74) is 1.40. The van der Waals surface area contributed by atoms with Crippen LogP contribution in [0.1, 0.15) is 12.8 Å². The average Bonchev–Trinajstić information content (AvgIpc) is 3.36. The van der Waals surface area contributed by atoms with Crippen LogP contribution in [0.4, 0.5) is 10.5 Å². The number of amides is 2. The summed E-state index contributed by atoms with van der Waals surface area (Å²) in [5, 5.41) is 12.6. The molecule has 1 aliphatic heterocycles. The molecule has 4 heterocycles. The number of urea groups is 1. The molecule has 0 radical (unpaired) electrons. The third-order valence-electron chi connectivity index (χ3n) is 4.15. The normalized spacial score (nSPS) is 17.3. The zero-order chi connectivity index (χ0) is 16.4. The topological polar surface area (TPSA) is 91.7 Å². The van der Waals surface area contributed by atoms with Crippen LogP contribution < -0.4 is 5.32 Å². The number of carbonyl (C=O) groups excluding carboxylic acids is 1. The number of H-pyrrole nitrogens is 1. The molecule has 8 nitrogen and oxygen atoms in total. The fraction of sp³-hybridized carbons (Fsp3) is 0.333. The Morgan fingerprint density at radius 1 is 1.46 bits per heavy atom. The molecule has 2 amide bonds. The highest BCUT2D eigenvalue weighted by Gasteiger charge is 2.29. The SMILES string of the molecule is O=C(Nc1cn[nH]c1-c1nccs1)N1CCC[C@@H]1Cn1ccnc1. The van der Waals surface area contributed by atoms with Crippen LogP contribution in [0, 0.1) is 0 Å². The third kappa shape index (κ3) is 2.90. The van der Waals surface area contributed by atoms with Crippen molar-refractivity contribution < 1.29 is 4.79 Å². The van der Waals surface area contributed by atoms with E-state index in [-0.39, 0.29) is 12.1 Å². The van der Waals surface area contributed by atoms with Crippen LogP contribution in [0.15, 0.2) is 36.5 Å². The van der Waals surface area contributed by atoms with Gasteiger partial charge in [-0.05, 0) is 12.8 Å². The molecule has 0 spiro atoms. The molecule has 2 N–H and O–H groups in total. The number of aromatic nitrogens is 5. The Morgan fingerprint density at radius 3 is 3.21 bits per heavy atom. The first kappa shape index (κ1) is 14.9. The highest BCUT2D eigenvalue weighted by atomic mass is 32.1. The van der Waals surface area contributed by atoms with E-state index in [2.05, 4.69) is 25.5 Å². The van der Waals surface area contributed by atoms with Gasteiger partial charge in [-0.25, -0.2) is 14.8 Å². The van der Waals surface area contributed by atoms with Crippen molar-refractivity contribution >= 4 is 23.1 Å². The number of likely N-dealkylation sites (tertiary alicyclic amines) is 1. The molecule has 1 fully saturated rings. The minimum absolute atomic E-state index is 0.100. The van der Waals surface area contributed by atoms with Crippen LogP contribution in [0.3, 0.4) is 0 Å². The minimum Gasteiger partial charge on any atom is -0.335 e. The summed E-state index contributed by atoms with van der Waals surface area (Å²) in [7, 11) is 0. The van der Waals surface area contributed by atoms with Gasteiger partial charge in [0, 0.05) is 37.1 Å². The zero-order valence-electron chi connectivity index (χ0n) is 12.9. The van der Waals surface area contributed by atoms with E-state index < -0.39 is 0 Å². The first-order valence-corrected chi connectivity index (χ1v) is 8.66. The predicted octanol–water partition coefficient (Wildman–Crippen LogP) is 2.43. The lowest BCUT2D eigenvalue weighted by Gasteiger charge is -2.25. The molecule has 0 aliphatic carbocycles. The first-order chi connectivity index (χ1) is 11.8. The smallest absolute Gasteiger partial charge is 0.322 e. The van der Waals surface area contributed by atoms with Crippen LogP contribution in [0.25, 0.3) is 10.7 Å². The number of carbonyl (C=O) groups is 1. The van der Waals surface area contributed by atoms with Gasteiger partial charge < -0.3 is 14.8 Å². The van der Waals surface area contributed by atoms with Crippen LogP contribution in [-0.4, -0.2) is 48.3 Å². The van der Waals surface area contributed by atoms with Gasteiger partial charge in [-0.2, -0.15) is 5.10 Å². The van der Waals surface area contributed by atoms with E-state index >= 15 is 0 Å². The van der Waals surface area contributed by atoms with Crippen LogP contribution >= 0.6 is 11.3 Å². The molecule has 0 aromatic carbocycles. The molecule has 9 heteroatoms. The van der Waals surface area contributed by atoms with E-state index in [4.69, 9.17) is 0 Å². The predicted molar refractivity (Wildman–Crippen MR) is 90.7 cm³/mol. The number of nitrogens with one attached hydrogen (secondary N) is 2. The number of imidazole rings is 1. The number of aromatic amines is 1. The van der Waals surface area contributed by atoms with Gasteiger partial charge in [0.2, 0.25) is 0 Å². The van der Waals surface area contributed by atoms with Crippen molar-refractivity contribution in [2.45, 2.75) is 25.4 Å². The van der Waals surface area contributed by atoms with Crippen molar-refractivity contribution in [1.29, 1.82) is 0 Å². The van der Waals surface area contributed by atoms with Crippen LogP contribution in [0.5, 0.6) is 0 Å². The summed E-state index contributed by atoms with van der Waals surface area (Å²) in [6.45, 7) is 1.52. The number of hydrogen-bond donors (Lipinski definition) is 2. The molecule has 4 rings (SSSR count). The minimum atomic E-state index is -0.100. The Balaban J connectivity index is 1.47. The standard InChI is InChI=1S/C15H17N7OS/c23-15(19-12-8-18-20-13(12)14-17-4-7-24-14)22-5-1-2-11(22)9-21-6-3-16-10-21/h3-4,6-8,10-11H,1-2,5,9H2,(H,18,20)(H,19,23)/t11-/m1/s1. The largest absolute Gasteiger partial charge is 0.335 e. The molecular weight excluding hydrogens is 326 g/mol. The second-order valence-corrected chi connectivity index (χ2v) is 6.57. The van der Waals surface area contributed by atoms with E-state index in [0.29, 0.717) is 5.69 Å². The average molecular weight is 343 g/mol. The molecule has 3 aromatic rings. The highest BCUT2D eigenvalue weighted by Crippen LogP contribution is 2.28. The van der Waals surface area contributed by atoms with Gasteiger partial charge in [0.1, 0.15) is 10.7 Å². The van der Waals surface area contributed by atoms with E-state index in [1.807, 2.05) is 21.0 Å². The summed E-state index contributed by atoms with van der Waals surface area (Å²) in [6.07, 6.45) is 10.8. The third-order valence-corrected chi connectivity index (χ3v) is 4.94. The quantitative estimate of drug-likeness (QED) is 0.761. The van der Waals surface area contributed by atoms with E-state index in [1.165, 1.54) is 11.3 Å². The fourth-order valence-corrected chi connectivity index (χ4v) is 3.65. The number of nitrogens with zero attached hydrogens (tertiary/aromatic N) is 5. The molecule has 1 aliphatic rings. The van der Waals surface area contributed by atoms with Gasteiger partial charge >= 0.3 is 6.03 Å². The second kappa shape index (κ2) is 6.44. The summed E-state index contributed by atoms with van der Waals surface area (Å²) >= 11 is 1.50. The fourth-order valence-electron chi connectivity index (χ4n) is 3.01. The Kier molecular flexibility index (Phi) is 3.99. The van der Waals surface area contributed by atoms with E-state index in [0.717, 1.165) is 36.6 Å². The van der Waals surface area contributed by atoms with Crippen molar-refractivity contribution in [2.75, 3.05) is 11.9 Å². The molecule has 0 unspecified atom stereocenters. The zero-order valence-corrected chi connectivity index (χ0v) is 13.7. The molecule has 1 saturated heterocycles. The maximum atomic E-state index is 12.7. The number of thiazole rings is 1. The lowest BCUT2D eigenvalue weighted by molar-refractivity contribution is 0.201. The number of anilines is 1. The highest BCUT2D eigenvalue weighted by molar-refractivity contribution is 7.13. The molecule has 3 aromatic heterocycles. The van der Waals surface area contributed by atoms with Crippen molar-refractivity contribution in [1.82, 2.24) is 29.6 Å². The van der Waals surface area contributed by atoms with Gasteiger partial charge in [0.05, 0.1) is 24.3 Å². The Labute approximate surface area is 142 Å². The van der Waals surface area contributed by atoms with Gasteiger partial charge in [-0.3, -0.25) is 5.10 Å². The van der Waals surface area contributed by atoms with Gasteiger partial charge in [-0.1, -0.05) is 0 Å². The molecular formula is C15H17N7OS. The van der Waals surface area contributed by atoms with E-state index in [1.54, 1.807) is 24.9 Å². The Morgan fingerprint density at radius 2 is 2.42 bits per heavy atom. The van der Waals surface area contributed by atoms with Crippen molar-refractivity contribution in [3.8, 4) is 10.7 Å². The summed E-state index contributed by atoms with van der Waals surface area (Å²) < 4.78 is 2.01. The molecule has 24 heavy (non-hydrogen) atoms. The van der Waals surface area contributed by atoms with Crippen LogP contribution in [-0.2, 0) is 6.54 Å². The van der Waals surface area contributed by atoms with Crippen molar-refractivity contribution in [2.24, 2.45) is 0 Å². The summed E-state index contributed by atoms with van der Waals surface area (Å²) in [4.78, 5) is 22.9. The second-order valence-electron chi connectivity index (χ2n) is 5.68. The lowest BCUT2D eigenvalue weighted by Crippen LogP contribution is -2.40. The van der Waals surface area contributed by atoms with Gasteiger partial charge in [0.15, 0.2) is 0 Å². The summed E-state index contributed by atoms with van der Waals surface area (Å²) in [5.74, 6) is 0. The Hall–Kier alpha value is -2.68. The first-order valence-electron chi connectivity index (χ1n) is 7.78. The number of rotatable bonds is 4. The maximum absolute atomic E-state index is 12.7. The molecule has 1 atom stereocenters. The molecule has 0 bridgehead atoms. The van der Waals surface area contributed by atoms with Crippen molar-refractivity contribution in [3.63, 3.8) is 0 Å². The van der Waals surface area contributed by atoms with Gasteiger partial charge in [0.25, 0.3) is 0 Å².